The second kappa shape index (κ2) is 3.40. The third-order valence-corrected chi connectivity index (χ3v) is 2.35. The van der Waals surface area contributed by atoms with Gasteiger partial charge in [0, 0.05) is 5.56 Å². The van der Waals surface area contributed by atoms with Crippen LogP contribution in [0, 0.1) is 0 Å². The fourth-order valence-electron chi connectivity index (χ4n) is 1.63. The first-order valence-corrected chi connectivity index (χ1v) is 4.70. The van der Waals surface area contributed by atoms with Crippen LogP contribution in [0.5, 0.6) is 17.2 Å². The monoisotopic (exact) mass is 194 g/mol. The molecule has 0 amide bonds. The first-order chi connectivity index (χ1) is 6.74. The lowest BCUT2D eigenvalue weighted by molar-refractivity contribution is 0.171. The second-order valence-corrected chi connectivity index (χ2v) is 3.58. The van der Waals surface area contributed by atoms with Crippen molar-refractivity contribution < 1.29 is 14.2 Å². The predicted molar refractivity (Wildman–Crippen MR) is 53.2 cm³/mol. The van der Waals surface area contributed by atoms with E-state index in [4.69, 9.17) is 14.2 Å². The van der Waals surface area contributed by atoms with Crippen molar-refractivity contribution in [2.45, 2.75) is 19.8 Å². The number of methoxy groups -OCH3 is 1. The Hall–Kier alpha value is -1.38. The fraction of sp³-hybridized carbons (Fsp3) is 0.455. The van der Waals surface area contributed by atoms with Crippen LogP contribution in [-0.2, 0) is 0 Å². The van der Waals surface area contributed by atoms with Gasteiger partial charge in [0.1, 0.15) is 0 Å². The molecule has 0 saturated heterocycles. The molecule has 0 aliphatic carbocycles. The van der Waals surface area contributed by atoms with Crippen molar-refractivity contribution in [2.75, 3.05) is 13.9 Å². The lowest BCUT2D eigenvalue weighted by Crippen LogP contribution is -1.96. The highest BCUT2D eigenvalue weighted by Gasteiger charge is 2.22. The zero-order valence-corrected chi connectivity index (χ0v) is 8.66. The van der Waals surface area contributed by atoms with E-state index >= 15 is 0 Å². The van der Waals surface area contributed by atoms with Crippen LogP contribution in [0.3, 0.4) is 0 Å². The molecule has 3 nitrogen and oxygen atoms in total. The molecule has 0 aromatic heterocycles. The van der Waals surface area contributed by atoms with Crippen LogP contribution in [0.15, 0.2) is 12.1 Å². The lowest BCUT2D eigenvalue weighted by atomic mass is 10.0. The van der Waals surface area contributed by atoms with Crippen LogP contribution < -0.4 is 14.2 Å². The zero-order chi connectivity index (χ0) is 10.1. The Morgan fingerprint density at radius 3 is 2.71 bits per heavy atom. The number of hydrogen-bond acceptors (Lipinski definition) is 3. The Labute approximate surface area is 83.6 Å². The smallest absolute Gasteiger partial charge is 0.231 e. The number of benzene rings is 1. The molecule has 76 valence electrons. The van der Waals surface area contributed by atoms with Crippen LogP contribution in [0.1, 0.15) is 25.3 Å². The van der Waals surface area contributed by atoms with Crippen molar-refractivity contribution >= 4 is 0 Å². The van der Waals surface area contributed by atoms with Crippen LogP contribution in [0.4, 0.5) is 0 Å². The topological polar surface area (TPSA) is 27.7 Å². The first-order valence-electron chi connectivity index (χ1n) is 4.70. The van der Waals surface area contributed by atoms with E-state index in [0.29, 0.717) is 5.92 Å². The summed E-state index contributed by atoms with van der Waals surface area (Å²) in [7, 11) is 1.66. The first kappa shape index (κ1) is 9.19. The van der Waals surface area contributed by atoms with E-state index in [-0.39, 0.29) is 6.79 Å². The summed E-state index contributed by atoms with van der Waals surface area (Å²) in [6, 6.07) is 3.96. The maximum atomic E-state index is 5.36. The van der Waals surface area contributed by atoms with Gasteiger partial charge in [-0.15, -0.1) is 0 Å². The Morgan fingerprint density at radius 2 is 2.07 bits per heavy atom. The van der Waals surface area contributed by atoms with E-state index in [2.05, 4.69) is 13.8 Å². The van der Waals surface area contributed by atoms with Crippen LogP contribution >= 0.6 is 0 Å². The quantitative estimate of drug-likeness (QED) is 0.724. The highest BCUT2D eigenvalue weighted by atomic mass is 16.7. The van der Waals surface area contributed by atoms with Crippen LogP contribution in [-0.4, -0.2) is 13.9 Å². The second-order valence-electron chi connectivity index (χ2n) is 3.58. The maximum Gasteiger partial charge on any atom is 0.231 e. The van der Waals surface area contributed by atoms with Gasteiger partial charge in [-0.25, -0.2) is 0 Å². The van der Waals surface area contributed by atoms with E-state index < -0.39 is 0 Å². The van der Waals surface area contributed by atoms with Gasteiger partial charge in [0.2, 0.25) is 12.5 Å². The van der Waals surface area contributed by atoms with Crippen LogP contribution in [0.25, 0.3) is 0 Å². The van der Waals surface area contributed by atoms with Gasteiger partial charge < -0.3 is 14.2 Å². The van der Waals surface area contributed by atoms with Gasteiger partial charge in [0.15, 0.2) is 11.5 Å². The lowest BCUT2D eigenvalue weighted by Gasteiger charge is -2.13. The molecule has 14 heavy (non-hydrogen) atoms. The predicted octanol–water partition coefficient (Wildman–Crippen LogP) is 2.55. The Balaban J connectivity index is 2.54. The van der Waals surface area contributed by atoms with Gasteiger partial charge in [-0.2, -0.15) is 0 Å². The summed E-state index contributed by atoms with van der Waals surface area (Å²) < 4.78 is 16.0. The maximum absolute atomic E-state index is 5.36. The molecular weight excluding hydrogens is 180 g/mol. The number of rotatable bonds is 2. The molecular formula is C11H14O3. The highest BCUT2D eigenvalue weighted by molar-refractivity contribution is 5.57. The zero-order valence-electron chi connectivity index (χ0n) is 8.66. The third-order valence-electron chi connectivity index (χ3n) is 2.35. The minimum atomic E-state index is 0.285. The van der Waals surface area contributed by atoms with E-state index in [0.717, 1.165) is 22.8 Å². The average molecular weight is 194 g/mol. The molecule has 0 radical (unpaired) electrons. The molecule has 0 spiro atoms. The summed E-state index contributed by atoms with van der Waals surface area (Å²) in [5.41, 5.74) is 1.15. The van der Waals surface area contributed by atoms with Gasteiger partial charge in [-0.1, -0.05) is 19.9 Å². The van der Waals surface area contributed by atoms with Crippen molar-refractivity contribution in [3.8, 4) is 17.2 Å². The Kier molecular flexibility index (Phi) is 2.23. The van der Waals surface area contributed by atoms with Gasteiger partial charge >= 0.3 is 0 Å². The molecule has 1 aliphatic rings. The number of fused-ring (bicyclic) bond motifs is 1. The number of hydrogen-bond donors (Lipinski definition) is 0. The van der Waals surface area contributed by atoms with E-state index in [1.165, 1.54) is 0 Å². The summed E-state index contributed by atoms with van der Waals surface area (Å²) in [6.07, 6.45) is 0. The molecule has 0 unspecified atom stereocenters. The standard InChI is InChI=1S/C11H14O3/c1-7(2)8-4-5-9-11(10(8)12-3)14-6-13-9/h4-5,7H,6H2,1-3H3. The normalized spacial score (nSPS) is 13.4. The molecule has 1 aromatic rings. The molecule has 1 heterocycles. The minimum absolute atomic E-state index is 0.285. The van der Waals surface area contributed by atoms with Crippen molar-refractivity contribution in [3.63, 3.8) is 0 Å². The summed E-state index contributed by atoms with van der Waals surface area (Å²) in [6.45, 7) is 4.54. The highest BCUT2D eigenvalue weighted by Crippen LogP contribution is 2.45. The number of ether oxygens (including phenoxy) is 3. The summed E-state index contributed by atoms with van der Waals surface area (Å²) in [4.78, 5) is 0. The van der Waals surface area contributed by atoms with E-state index in [1.807, 2.05) is 12.1 Å². The summed E-state index contributed by atoms with van der Waals surface area (Å²) in [5, 5.41) is 0. The van der Waals surface area contributed by atoms with Gasteiger partial charge in [-0.3, -0.25) is 0 Å². The fourth-order valence-corrected chi connectivity index (χ4v) is 1.63. The molecule has 0 bridgehead atoms. The van der Waals surface area contributed by atoms with Gasteiger partial charge in [-0.05, 0) is 12.0 Å². The van der Waals surface area contributed by atoms with Gasteiger partial charge in [0.05, 0.1) is 7.11 Å². The van der Waals surface area contributed by atoms with Crippen molar-refractivity contribution in [1.29, 1.82) is 0 Å². The molecule has 2 rings (SSSR count). The van der Waals surface area contributed by atoms with Crippen LogP contribution in [0.2, 0.25) is 0 Å². The van der Waals surface area contributed by atoms with Crippen molar-refractivity contribution in [2.24, 2.45) is 0 Å². The largest absolute Gasteiger partial charge is 0.492 e. The van der Waals surface area contributed by atoms with E-state index in [9.17, 15) is 0 Å². The molecule has 0 saturated carbocycles. The van der Waals surface area contributed by atoms with E-state index in [1.54, 1.807) is 7.11 Å². The minimum Gasteiger partial charge on any atom is -0.492 e. The summed E-state index contributed by atoms with van der Waals surface area (Å²) in [5.74, 6) is 2.72. The average Bonchev–Trinajstić information content (AvgIpc) is 2.63. The molecule has 1 aliphatic heterocycles. The Morgan fingerprint density at radius 1 is 1.29 bits per heavy atom. The Bertz CT molecular complexity index is 345. The SMILES string of the molecule is COc1c(C(C)C)ccc2c1OCO2. The molecule has 1 aromatic carbocycles. The van der Waals surface area contributed by atoms with Crippen molar-refractivity contribution in [1.82, 2.24) is 0 Å². The molecule has 0 fully saturated rings. The molecule has 0 atom stereocenters. The van der Waals surface area contributed by atoms with Gasteiger partial charge in [0.25, 0.3) is 0 Å². The summed E-state index contributed by atoms with van der Waals surface area (Å²) >= 11 is 0. The molecule has 3 heteroatoms. The molecule has 0 N–H and O–H groups in total. The third kappa shape index (κ3) is 1.29. The van der Waals surface area contributed by atoms with Crippen molar-refractivity contribution in [3.05, 3.63) is 17.7 Å².